The van der Waals surface area contributed by atoms with Gasteiger partial charge >= 0.3 is 0 Å². The molecule has 0 radical (unpaired) electrons. The van der Waals surface area contributed by atoms with Gasteiger partial charge in [0.1, 0.15) is 5.82 Å². The largest absolute Gasteiger partial charge is 0.356 e. The molecule has 0 spiro atoms. The Kier molecular flexibility index (Phi) is 4.96. The first kappa shape index (κ1) is 14.1. The Morgan fingerprint density at radius 2 is 2.32 bits per heavy atom. The first-order chi connectivity index (χ1) is 9.16. The number of aromatic nitrogens is 2. The number of imidazole rings is 1. The molecule has 1 unspecified atom stereocenters. The second-order valence-electron chi connectivity index (χ2n) is 5.50. The number of rotatable bonds is 5. The maximum absolute atomic E-state index is 12.0. The summed E-state index contributed by atoms with van der Waals surface area (Å²) in [4.78, 5) is 16.2. The van der Waals surface area contributed by atoms with Crippen molar-refractivity contribution in [3.05, 3.63) is 18.2 Å². The molecule has 0 aliphatic carbocycles. The molecule has 5 heteroatoms. The van der Waals surface area contributed by atoms with E-state index in [9.17, 15) is 4.79 Å². The summed E-state index contributed by atoms with van der Waals surface area (Å²) in [6.45, 7) is 7.71. The normalized spacial score (nSPS) is 18.2. The van der Waals surface area contributed by atoms with Crippen molar-refractivity contribution in [3.8, 4) is 0 Å². The van der Waals surface area contributed by atoms with Crippen LogP contribution in [0.5, 0.6) is 0 Å². The molecule has 1 aliphatic heterocycles. The number of hydrogen-bond donors (Lipinski definition) is 2. The van der Waals surface area contributed by atoms with Gasteiger partial charge in [0.15, 0.2) is 0 Å². The van der Waals surface area contributed by atoms with E-state index in [1.807, 2.05) is 19.3 Å². The molecule has 1 aliphatic rings. The number of aryl methyl sites for hydroxylation is 1. The second kappa shape index (κ2) is 6.70. The lowest BCUT2D eigenvalue weighted by atomic mass is 9.97. The average Bonchev–Trinajstić information content (AvgIpc) is 2.82. The summed E-state index contributed by atoms with van der Waals surface area (Å²) in [5.41, 5.74) is 0. The highest BCUT2D eigenvalue weighted by Gasteiger charge is 2.20. The number of hydrogen-bond acceptors (Lipinski definition) is 3. The van der Waals surface area contributed by atoms with E-state index in [4.69, 9.17) is 0 Å². The fraction of sp³-hybridized carbons (Fsp3) is 0.714. The van der Waals surface area contributed by atoms with Crippen LogP contribution in [0, 0.1) is 18.8 Å². The van der Waals surface area contributed by atoms with Crippen LogP contribution in [-0.4, -0.2) is 35.1 Å². The Morgan fingerprint density at radius 1 is 1.58 bits per heavy atom. The number of nitrogens with one attached hydrogen (secondary N) is 2. The predicted octanol–water partition coefficient (Wildman–Crippen LogP) is 0.943. The van der Waals surface area contributed by atoms with E-state index in [-0.39, 0.29) is 11.8 Å². The smallest absolute Gasteiger partial charge is 0.223 e. The van der Waals surface area contributed by atoms with Crippen molar-refractivity contribution >= 4 is 5.91 Å². The van der Waals surface area contributed by atoms with Gasteiger partial charge < -0.3 is 15.2 Å². The highest BCUT2D eigenvalue weighted by molar-refractivity contribution is 5.78. The molecule has 1 atom stereocenters. The molecular formula is C14H24N4O. The fourth-order valence-electron chi connectivity index (χ4n) is 2.50. The minimum Gasteiger partial charge on any atom is -0.356 e. The molecule has 2 heterocycles. The molecule has 1 saturated heterocycles. The summed E-state index contributed by atoms with van der Waals surface area (Å²) >= 11 is 0. The highest BCUT2D eigenvalue weighted by atomic mass is 16.1. The molecule has 19 heavy (non-hydrogen) atoms. The van der Waals surface area contributed by atoms with Crippen molar-refractivity contribution in [3.63, 3.8) is 0 Å². The Balaban J connectivity index is 1.72. The molecule has 1 aromatic rings. The van der Waals surface area contributed by atoms with E-state index in [0.29, 0.717) is 5.92 Å². The predicted molar refractivity (Wildman–Crippen MR) is 74.7 cm³/mol. The zero-order valence-electron chi connectivity index (χ0n) is 11.9. The summed E-state index contributed by atoms with van der Waals surface area (Å²) in [6.07, 6.45) is 5.72. The third-order valence-corrected chi connectivity index (χ3v) is 3.77. The van der Waals surface area contributed by atoms with Crippen molar-refractivity contribution in [1.82, 2.24) is 20.2 Å². The summed E-state index contributed by atoms with van der Waals surface area (Å²) in [5, 5.41) is 6.36. The molecule has 2 rings (SSSR count). The van der Waals surface area contributed by atoms with Gasteiger partial charge in [-0.05, 0) is 38.8 Å². The Bertz CT molecular complexity index is 409. The van der Waals surface area contributed by atoms with Crippen LogP contribution >= 0.6 is 0 Å². The van der Waals surface area contributed by atoms with E-state index in [1.165, 1.54) is 0 Å². The third kappa shape index (κ3) is 4.06. The zero-order valence-corrected chi connectivity index (χ0v) is 11.9. The van der Waals surface area contributed by atoms with Gasteiger partial charge in [-0.15, -0.1) is 0 Å². The van der Waals surface area contributed by atoms with Crippen LogP contribution in [0.15, 0.2) is 12.4 Å². The third-order valence-electron chi connectivity index (χ3n) is 3.77. The first-order valence-corrected chi connectivity index (χ1v) is 7.13. The molecule has 0 aromatic carbocycles. The van der Waals surface area contributed by atoms with Crippen molar-refractivity contribution in [2.75, 3.05) is 19.6 Å². The number of amides is 1. The lowest BCUT2D eigenvalue weighted by Gasteiger charge is -2.23. The number of carbonyl (C=O) groups is 1. The number of piperidine rings is 1. The average molecular weight is 264 g/mol. The van der Waals surface area contributed by atoms with Gasteiger partial charge in [-0.25, -0.2) is 4.98 Å². The lowest BCUT2D eigenvalue weighted by molar-refractivity contribution is -0.125. The summed E-state index contributed by atoms with van der Waals surface area (Å²) in [7, 11) is 0. The van der Waals surface area contributed by atoms with E-state index in [1.54, 1.807) is 0 Å². The van der Waals surface area contributed by atoms with Gasteiger partial charge in [0.05, 0.1) is 0 Å². The quantitative estimate of drug-likeness (QED) is 0.832. The van der Waals surface area contributed by atoms with Gasteiger partial charge in [-0.2, -0.15) is 0 Å². The highest BCUT2D eigenvalue weighted by Crippen LogP contribution is 2.11. The van der Waals surface area contributed by atoms with Crippen LogP contribution in [0.3, 0.4) is 0 Å². The molecule has 1 fully saturated rings. The van der Waals surface area contributed by atoms with E-state index < -0.39 is 0 Å². The Morgan fingerprint density at radius 3 is 2.95 bits per heavy atom. The SMILES string of the molecule is Cc1nccn1CC(C)CNC(=O)C1CCNCC1. The van der Waals surface area contributed by atoms with Crippen LogP contribution in [0.25, 0.3) is 0 Å². The van der Waals surface area contributed by atoms with E-state index >= 15 is 0 Å². The lowest BCUT2D eigenvalue weighted by Crippen LogP contribution is -2.40. The topological polar surface area (TPSA) is 59.0 Å². The Labute approximate surface area is 114 Å². The molecule has 0 saturated carbocycles. The van der Waals surface area contributed by atoms with Crippen molar-refractivity contribution in [1.29, 1.82) is 0 Å². The number of carbonyl (C=O) groups excluding carboxylic acids is 1. The summed E-state index contributed by atoms with van der Waals surface area (Å²) in [6, 6.07) is 0. The maximum atomic E-state index is 12.0. The van der Waals surface area contributed by atoms with E-state index in [0.717, 1.165) is 44.8 Å². The maximum Gasteiger partial charge on any atom is 0.223 e. The molecule has 0 bridgehead atoms. The van der Waals surface area contributed by atoms with Gasteiger partial charge in [0.25, 0.3) is 0 Å². The number of nitrogens with zero attached hydrogens (tertiary/aromatic N) is 2. The van der Waals surface area contributed by atoms with E-state index in [2.05, 4.69) is 27.1 Å². The zero-order chi connectivity index (χ0) is 13.7. The van der Waals surface area contributed by atoms with Crippen LogP contribution < -0.4 is 10.6 Å². The minimum absolute atomic E-state index is 0.198. The van der Waals surface area contributed by atoms with Crippen LogP contribution in [-0.2, 0) is 11.3 Å². The van der Waals surface area contributed by atoms with Crippen molar-refractivity contribution < 1.29 is 4.79 Å². The minimum atomic E-state index is 0.198. The van der Waals surface area contributed by atoms with Gasteiger partial charge in [0, 0.05) is 31.4 Å². The molecule has 2 N–H and O–H groups in total. The van der Waals surface area contributed by atoms with Crippen LogP contribution in [0.1, 0.15) is 25.6 Å². The summed E-state index contributed by atoms with van der Waals surface area (Å²) < 4.78 is 2.13. The van der Waals surface area contributed by atoms with Gasteiger partial charge in [0.2, 0.25) is 5.91 Å². The molecule has 106 valence electrons. The van der Waals surface area contributed by atoms with Crippen molar-refractivity contribution in [2.24, 2.45) is 11.8 Å². The second-order valence-corrected chi connectivity index (χ2v) is 5.50. The Hall–Kier alpha value is -1.36. The molecular weight excluding hydrogens is 240 g/mol. The molecule has 1 amide bonds. The van der Waals surface area contributed by atoms with Crippen LogP contribution in [0.2, 0.25) is 0 Å². The fourth-order valence-corrected chi connectivity index (χ4v) is 2.50. The molecule has 1 aromatic heterocycles. The van der Waals surface area contributed by atoms with Crippen molar-refractivity contribution in [2.45, 2.75) is 33.2 Å². The first-order valence-electron chi connectivity index (χ1n) is 7.13. The molecule has 5 nitrogen and oxygen atoms in total. The summed E-state index contributed by atoms with van der Waals surface area (Å²) in [5.74, 6) is 1.86. The van der Waals surface area contributed by atoms with Gasteiger partial charge in [-0.1, -0.05) is 6.92 Å². The standard InChI is InChI=1S/C14H24N4O/c1-11(10-18-8-7-16-12(18)2)9-17-14(19)13-3-5-15-6-4-13/h7-8,11,13,15H,3-6,9-10H2,1-2H3,(H,17,19). The van der Waals surface area contributed by atoms with Gasteiger partial charge in [-0.3, -0.25) is 4.79 Å². The van der Waals surface area contributed by atoms with Crippen LogP contribution in [0.4, 0.5) is 0 Å². The monoisotopic (exact) mass is 264 g/mol.